The molecule has 0 radical (unpaired) electrons. The highest BCUT2D eigenvalue weighted by molar-refractivity contribution is 6.28. The predicted octanol–water partition coefficient (Wildman–Crippen LogP) is 1.68. The van der Waals surface area contributed by atoms with E-state index in [1.54, 1.807) is 12.4 Å². The highest BCUT2D eigenvalue weighted by Crippen LogP contribution is 2.16. The molecule has 0 aliphatic rings. The minimum absolute atomic E-state index is 0.00145. The Balaban J connectivity index is 2.16. The molecule has 2 rings (SSSR count). The smallest absolute Gasteiger partial charge is 0.229 e. The Hall–Kier alpha value is -1.95. The molecule has 0 saturated carbocycles. The van der Waals surface area contributed by atoms with E-state index >= 15 is 0 Å². The van der Waals surface area contributed by atoms with Crippen LogP contribution in [0.1, 0.15) is 18.5 Å². The maximum atomic E-state index is 5.69. The normalized spacial score (nSPS) is 12.1. The molecule has 0 aliphatic carbocycles. The predicted molar refractivity (Wildman–Crippen MR) is 65.5 cm³/mol. The van der Waals surface area contributed by atoms with E-state index in [-0.39, 0.29) is 17.3 Å². The number of rotatable bonds is 3. The van der Waals surface area contributed by atoms with Gasteiger partial charge in [-0.15, -0.1) is 0 Å². The first-order valence-corrected chi connectivity index (χ1v) is 5.36. The summed E-state index contributed by atoms with van der Waals surface area (Å²) in [5, 5.41) is 3.14. The molecular formula is C10H11ClN6. The first-order valence-electron chi connectivity index (χ1n) is 4.98. The Morgan fingerprint density at radius 3 is 2.82 bits per heavy atom. The molecule has 17 heavy (non-hydrogen) atoms. The van der Waals surface area contributed by atoms with Crippen LogP contribution in [0.3, 0.4) is 0 Å². The van der Waals surface area contributed by atoms with Crippen LogP contribution in [0, 0.1) is 0 Å². The zero-order valence-electron chi connectivity index (χ0n) is 9.13. The lowest BCUT2D eigenvalue weighted by Gasteiger charge is -2.13. The lowest BCUT2D eigenvalue weighted by atomic mass is 10.1. The van der Waals surface area contributed by atoms with Crippen molar-refractivity contribution in [2.45, 2.75) is 13.0 Å². The highest BCUT2D eigenvalue weighted by atomic mass is 35.5. The van der Waals surface area contributed by atoms with E-state index in [0.717, 1.165) is 5.56 Å². The zero-order chi connectivity index (χ0) is 12.3. The van der Waals surface area contributed by atoms with Crippen molar-refractivity contribution in [1.82, 2.24) is 19.9 Å². The number of nitrogen functional groups attached to an aromatic ring is 1. The van der Waals surface area contributed by atoms with Gasteiger partial charge in [-0.1, -0.05) is 6.07 Å². The van der Waals surface area contributed by atoms with E-state index < -0.39 is 0 Å². The summed E-state index contributed by atoms with van der Waals surface area (Å²) in [4.78, 5) is 15.6. The van der Waals surface area contributed by atoms with Crippen LogP contribution in [0.25, 0.3) is 0 Å². The van der Waals surface area contributed by atoms with Crippen LogP contribution in [0.15, 0.2) is 24.5 Å². The van der Waals surface area contributed by atoms with Gasteiger partial charge in [0.25, 0.3) is 0 Å². The van der Waals surface area contributed by atoms with Crippen LogP contribution in [0.5, 0.6) is 0 Å². The van der Waals surface area contributed by atoms with Gasteiger partial charge < -0.3 is 11.1 Å². The number of anilines is 2. The Bertz CT molecular complexity index is 483. The lowest BCUT2D eigenvalue weighted by Crippen LogP contribution is -2.11. The third-order valence-corrected chi connectivity index (χ3v) is 2.32. The molecule has 0 aliphatic heterocycles. The molecule has 1 atom stereocenters. The molecule has 2 aromatic rings. The van der Waals surface area contributed by atoms with Gasteiger partial charge in [-0.25, -0.2) is 0 Å². The summed E-state index contributed by atoms with van der Waals surface area (Å²) in [5.74, 6) is 0.435. The highest BCUT2D eigenvalue weighted by Gasteiger charge is 2.08. The third kappa shape index (κ3) is 3.01. The minimum Gasteiger partial charge on any atom is -0.368 e. The summed E-state index contributed by atoms with van der Waals surface area (Å²) >= 11 is 5.69. The number of halogens is 1. The monoisotopic (exact) mass is 250 g/mol. The van der Waals surface area contributed by atoms with Crippen molar-refractivity contribution >= 4 is 23.5 Å². The summed E-state index contributed by atoms with van der Waals surface area (Å²) in [5.41, 5.74) is 6.49. The van der Waals surface area contributed by atoms with Gasteiger partial charge in [0.05, 0.1) is 6.04 Å². The van der Waals surface area contributed by atoms with Crippen molar-refractivity contribution in [3.05, 3.63) is 35.4 Å². The number of nitrogens with two attached hydrogens (primary N) is 1. The molecule has 3 N–H and O–H groups in total. The van der Waals surface area contributed by atoms with Crippen LogP contribution in [0.4, 0.5) is 11.9 Å². The van der Waals surface area contributed by atoms with Crippen LogP contribution in [0.2, 0.25) is 5.28 Å². The number of hydrogen-bond acceptors (Lipinski definition) is 6. The Labute approximate surface area is 103 Å². The average molecular weight is 251 g/mol. The van der Waals surface area contributed by atoms with Crippen LogP contribution in [-0.2, 0) is 0 Å². The largest absolute Gasteiger partial charge is 0.368 e. The summed E-state index contributed by atoms with van der Waals surface area (Å²) in [6.07, 6.45) is 3.48. The molecule has 2 aromatic heterocycles. The fraction of sp³-hybridized carbons (Fsp3) is 0.200. The summed E-state index contributed by atoms with van der Waals surface area (Å²) in [6.45, 7) is 1.96. The summed E-state index contributed by atoms with van der Waals surface area (Å²) in [7, 11) is 0. The second kappa shape index (κ2) is 4.92. The number of pyridine rings is 1. The molecule has 0 amide bonds. The molecule has 0 bridgehead atoms. The molecule has 2 heterocycles. The SMILES string of the molecule is CC(Nc1nc(N)nc(Cl)n1)c1cccnc1. The summed E-state index contributed by atoms with van der Waals surface area (Å²) in [6, 6.07) is 3.82. The number of nitrogens with zero attached hydrogens (tertiary/aromatic N) is 4. The molecule has 0 saturated heterocycles. The maximum Gasteiger partial charge on any atom is 0.229 e. The Kier molecular flexibility index (Phi) is 3.34. The molecule has 0 fully saturated rings. The fourth-order valence-electron chi connectivity index (χ4n) is 1.34. The average Bonchev–Trinajstić information content (AvgIpc) is 2.28. The minimum atomic E-state index is 0.00145. The molecule has 88 valence electrons. The number of nitrogens with one attached hydrogen (secondary N) is 1. The first-order chi connectivity index (χ1) is 8.15. The molecule has 6 nitrogen and oxygen atoms in total. The standard InChI is InChI=1S/C10H11ClN6/c1-6(7-3-2-4-13-5-7)14-10-16-8(11)15-9(12)17-10/h2-6H,1H3,(H3,12,14,15,16,17). The fourth-order valence-corrected chi connectivity index (χ4v) is 1.51. The number of hydrogen-bond donors (Lipinski definition) is 2. The van der Waals surface area contributed by atoms with Gasteiger partial charge >= 0.3 is 0 Å². The van der Waals surface area contributed by atoms with E-state index in [9.17, 15) is 0 Å². The third-order valence-electron chi connectivity index (χ3n) is 2.16. The Morgan fingerprint density at radius 1 is 1.35 bits per heavy atom. The van der Waals surface area contributed by atoms with Crippen LogP contribution < -0.4 is 11.1 Å². The summed E-state index contributed by atoms with van der Waals surface area (Å²) < 4.78 is 0. The Morgan fingerprint density at radius 2 is 2.18 bits per heavy atom. The second-order valence-corrected chi connectivity index (χ2v) is 3.78. The van der Waals surface area contributed by atoms with Crippen molar-refractivity contribution < 1.29 is 0 Å². The van der Waals surface area contributed by atoms with Crippen LogP contribution >= 0.6 is 11.6 Å². The maximum absolute atomic E-state index is 5.69. The van der Waals surface area contributed by atoms with E-state index in [4.69, 9.17) is 17.3 Å². The molecular weight excluding hydrogens is 240 g/mol. The van der Waals surface area contributed by atoms with Crippen molar-refractivity contribution in [2.24, 2.45) is 0 Å². The molecule has 0 aromatic carbocycles. The van der Waals surface area contributed by atoms with E-state index in [1.165, 1.54) is 0 Å². The first kappa shape index (κ1) is 11.5. The molecule has 7 heteroatoms. The van der Waals surface area contributed by atoms with E-state index in [2.05, 4.69) is 25.3 Å². The van der Waals surface area contributed by atoms with Gasteiger partial charge in [0.1, 0.15) is 0 Å². The van der Waals surface area contributed by atoms with Gasteiger partial charge in [-0.2, -0.15) is 15.0 Å². The topological polar surface area (TPSA) is 89.6 Å². The molecule has 1 unspecified atom stereocenters. The van der Waals surface area contributed by atoms with Crippen molar-refractivity contribution in [3.8, 4) is 0 Å². The van der Waals surface area contributed by atoms with Crippen molar-refractivity contribution in [2.75, 3.05) is 11.1 Å². The number of aromatic nitrogens is 4. The zero-order valence-corrected chi connectivity index (χ0v) is 9.89. The van der Waals surface area contributed by atoms with Gasteiger partial charge in [-0.3, -0.25) is 4.98 Å². The second-order valence-electron chi connectivity index (χ2n) is 3.44. The van der Waals surface area contributed by atoms with Gasteiger partial charge in [0, 0.05) is 12.4 Å². The van der Waals surface area contributed by atoms with E-state index in [0.29, 0.717) is 5.95 Å². The molecule has 0 spiro atoms. The van der Waals surface area contributed by atoms with Gasteiger partial charge in [0.15, 0.2) is 0 Å². The quantitative estimate of drug-likeness (QED) is 0.861. The van der Waals surface area contributed by atoms with Gasteiger partial charge in [-0.05, 0) is 30.2 Å². The van der Waals surface area contributed by atoms with Gasteiger partial charge in [0.2, 0.25) is 17.2 Å². The van der Waals surface area contributed by atoms with Crippen molar-refractivity contribution in [3.63, 3.8) is 0 Å². The van der Waals surface area contributed by atoms with Crippen LogP contribution in [-0.4, -0.2) is 19.9 Å². The van der Waals surface area contributed by atoms with E-state index in [1.807, 2.05) is 19.1 Å². The lowest BCUT2D eigenvalue weighted by molar-refractivity contribution is 0.848. The van der Waals surface area contributed by atoms with Crippen molar-refractivity contribution in [1.29, 1.82) is 0 Å².